The topological polar surface area (TPSA) is 33.2 Å². The van der Waals surface area contributed by atoms with E-state index in [1.807, 2.05) is 0 Å². The van der Waals surface area contributed by atoms with Gasteiger partial charge in [0.25, 0.3) is 5.91 Å². The normalized spacial score (nSPS) is 18.9. The van der Waals surface area contributed by atoms with Crippen molar-refractivity contribution >= 4 is 33.2 Å². The minimum Gasteiger partial charge on any atom is -0.338 e. The van der Waals surface area contributed by atoms with Gasteiger partial charge in [0, 0.05) is 13.1 Å². The molecule has 0 radical (unpaired) electrons. The fourth-order valence-electron chi connectivity index (χ4n) is 4.56. The second kappa shape index (κ2) is 10.1. The van der Waals surface area contributed by atoms with Gasteiger partial charge in [0.05, 0.1) is 6.20 Å². The summed E-state index contributed by atoms with van der Waals surface area (Å²) in [4.78, 5) is 20.0. The molecule has 25 heavy (non-hydrogen) atoms. The van der Waals surface area contributed by atoms with Gasteiger partial charge in [0.1, 0.15) is 4.88 Å². The van der Waals surface area contributed by atoms with Crippen molar-refractivity contribution in [2.45, 2.75) is 77.0 Å². The maximum atomic E-state index is 12.9. The number of amides is 1. The number of hydrogen-bond donors (Lipinski definition) is 0. The average Bonchev–Trinajstić information content (AvgIpc) is 3.35. The maximum absolute atomic E-state index is 12.9. The number of carbonyl (C=O) groups excluding carboxylic acids is 1. The lowest BCUT2D eigenvalue weighted by Crippen LogP contribution is -2.33. The third kappa shape index (κ3) is 6.06. The average molecular weight is 427 g/mol. The predicted molar refractivity (Wildman–Crippen MR) is 108 cm³/mol. The van der Waals surface area contributed by atoms with Crippen molar-refractivity contribution in [1.82, 2.24) is 9.88 Å². The molecule has 0 unspecified atom stereocenters. The molecule has 140 valence electrons. The summed E-state index contributed by atoms with van der Waals surface area (Å²) in [6.07, 6.45) is 17.8. The smallest absolute Gasteiger partial charge is 0.265 e. The summed E-state index contributed by atoms with van der Waals surface area (Å²) in [5, 5.41) is 0. The number of nitrogens with zero attached hydrogens (tertiary/aromatic N) is 2. The molecule has 1 amide bonds. The van der Waals surface area contributed by atoms with Crippen LogP contribution in [-0.2, 0) is 0 Å². The Morgan fingerprint density at radius 2 is 1.56 bits per heavy atom. The molecule has 0 N–H and O–H groups in total. The molecule has 0 saturated heterocycles. The van der Waals surface area contributed by atoms with Crippen LogP contribution in [-0.4, -0.2) is 28.9 Å². The van der Waals surface area contributed by atoms with Crippen molar-refractivity contribution in [3.05, 3.63) is 15.0 Å². The van der Waals surface area contributed by atoms with Crippen molar-refractivity contribution < 1.29 is 4.79 Å². The van der Waals surface area contributed by atoms with Crippen LogP contribution in [0.4, 0.5) is 0 Å². The third-order valence-corrected chi connectivity index (χ3v) is 7.47. The second-order valence-corrected chi connectivity index (χ2v) is 10.2. The van der Waals surface area contributed by atoms with Crippen LogP contribution in [0.2, 0.25) is 0 Å². The van der Waals surface area contributed by atoms with Gasteiger partial charge >= 0.3 is 0 Å². The quantitative estimate of drug-likeness (QED) is 0.464. The fourth-order valence-corrected chi connectivity index (χ4v) is 5.80. The number of aromatic nitrogens is 1. The van der Waals surface area contributed by atoms with Gasteiger partial charge in [-0.3, -0.25) is 4.79 Å². The highest BCUT2D eigenvalue weighted by Crippen LogP contribution is 2.30. The Labute approximate surface area is 164 Å². The van der Waals surface area contributed by atoms with Crippen LogP contribution in [0.15, 0.2) is 10.1 Å². The molecule has 5 heteroatoms. The fraction of sp³-hybridized carbons (Fsp3) is 0.800. The van der Waals surface area contributed by atoms with Crippen LogP contribution in [0.25, 0.3) is 0 Å². The van der Waals surface area contributed by atoms with Crippen molar-refractivity contribution in [2.75, 3.05) is 13.1 Å². The highest BCUT2D eigenvalue weighted by Gasteiger charge is 2.21. The molecule has 2 aliphatic rings. The molecule has 3 rings (SSSR count). The zero-order valence-electron chi connectivity index (χ0n) is 15.2. The summed E-state index contributed by atoms with van der Waals surface area (Å²) in [6, 6.07) is 0. The molecule has 2 aliphatic carbocycles. The molecule has 0 spiro atoms. The molecule has 2 fully saturated rings. The predicted octanol–water partition coefficient (Wildman–Crippen LogP) is 6.29. The molecule has 1 heterocycles. The molecular weight excluding hydrogens is 396 g/mol. The first-order chi connectivity index (χ1) is 12.2. The van der Waals surface area contributed by atoms with E-state index in [1.54, 1.807) is 6.20 Å². The van der Waals surface area contributed by atoms with Gasteiger partial charge in [0.15, 0.2) is 3.92 Å². The van der Waals surface area contributed by atoms with Crippen molar-refractivity contribution in [3.8, 4) is 0 Å². The second-order valence-electron chi connectivity index (χ2n) is 7.86. The van der Waals surface area contributed by atoms with E-state index >= 15 is 0 Å². The Bertz CT molecular complexity index is 514. The van der Waals surface area contributed by atoms with E-state index in [1.165, 1.54) is 75.5 Å². The standard InChI is InChI=1S/C20H31BrN2OS/c21-20-22-15-18(25-20)19(24)23(13-5-11-16-7-1-2-8-16)14-6-12-17-9-3-4-10-17/h15-17H,1-14H2. The van der Waals surface area contributed by atoms with E-state index < -0.39 is 0 Å². The van der Waals surface area contributed by atoms with E-state index in [0.717, 1.165) is 46.6 Å². The highest BCUT2D eigenvalue weighted by atomic mass is 79.9. The minimum atomic E-state index is 0.182. The van der Waals surface area contributed by atoms with Crippen molar-refractivity contribution in [3.63, 3.8) is 0 Å². The van der Waals surface area contributed by atoms with Gasteiger partial charge in [-0.2, -0.15) is 0 Å². The molecular formula is C20H31BrN2OS. The van der Waals surface area contributed by atoms with E-state index in [0.29, 0.717) is 0 Å². The van der Waals surface area contributed by atoms with Crippen LogP contribution >= 0.6 is 27.3 Å². The SMILES string of the molecule is O=C(c1cnc(Br)s1)N(CCCC1CCCC1)CCCC1CCCC1. The number of thiazole rings is 1. The van der Waals surface area contributed by atoms with E-state index in [2.05, 4.69) is 25.8 Å². The van der Waals surface area contributed by atoms with E-state index in [9.17, 15) is 4.79 Å². The Morgan fingerprint density at radius 1 is 1.04 bits per heavy atom. The first kappa shape index (κ1) is 19.3. The molecule has 2 saturated carbocycles. The first-order valence-corrected chi connectivity index (χ1v) is 11.7. The van der Waals surface area contributed by atoms with Gasteiger partial charge < -0.3 is 4.90 Å². The molecule has 0 bridgehead atoms. The van der Waals surface area contributed by atoms with Crippen LogP contribution < -0.4 is 0 Å². The van der Waals surface area contributed by atoms with Crippen molar-refractivity contribution in [1.29, 1.82) is 0 Å². The number of carbonyl (C=O) groups is 1. The monoisotopic (exact) mass is 426 g/mol. The molecule has 0 aliphatic heterocycles. The summed E-state index contributed by atoms with van der Waals surface area (Å²) in [6.45, 7) is 1.82. The van der Waals surface area contributed by atoms with Gasteiger partial charge in [-0.1, -0.05) is 51.4 Å². The van der Waals surface area contributed by atoms with Crippen LogP contribution in [0, 0.1) is 11.8 Å². The van der Waals surface area contributed by atoms with Crippen LogP contribution in [0.3, 0.4) is 0 Å². The molecule has 1 aromatic rings. The lowest BCUT2D eigenvalue weighted by atomic mass is 10.0. The Kier molecular flexibility index (Phi) is 7.78. The highest BCUT2D eigenvalue weighted by molar-refractivity contribution is 9.11. The molecule has 1 aromatic heterocycles. The summed E-state index contributed by atoms with van der Waals surface area (Å²) in [7, 11) is 0. The van der Waals surface area contributed by atoms with Crippen LogP contribution in [0.1, 0.15) is 86.7 Å². The zero-order chi connectivity index (χ0) is 17.5. The van der Waals surface area contributed by atoms with Gasteiger partial charge in [-0.25, -0.2) is 4.98 Å². The summed E-state index contributed by atoms with van der Waals surface area (Å²) in [5.41, 5.74) is 0. The lowest BCUT2D eigenvalue weighted by molar-refractivity contribution is 0.0750. The number of hydrogen-bond acceptors (Lipinski definition) is 3. The van der Waals surface area contributed by atoms with Gasteiger partial charge in [0.2, 0.25) is 0 Å². The summed E-state index contributed by atoms with van der Waals surface area (Å²) >= 11 is 4.84. The summed E-state index contributed by atoms with van der Waals surface area (Å²) < 4.78 is 0.799. The van der Waals surface area contributed by atoms with Crippen molar-refractivity contribution in [2.24, 2.45) is 11.8 Å². The zero-order valence-corrected chi connectivity index (χ0v) is 17.6. The number of rotatable bonds is 9. The summed E-state index contributed by atoms with van der Waals surface area (Å²) in [5.74, 6) is 2.00. The maximum Gasteiger partial charge on any atom is 0.265 e. The largest absolute Gasteiger partial charge is 0.338 e. The van der Waals surface area contributed by atoms with E-state index in [-0.39, 0.29) is 5.91 Å². The molecule has 0 aromatic carbocycles. The first-order valence-electron chi connectivity index (χ1n) is 10.1. The Morgan fingerprint density at radius 3 is 2.00 bits per heavy atom. The lowest BCUT2D eigenvalue weighted by Gasteiger charge is -2.23. The Balaban J connectivity index is 1.49. The van der Waals surface area contributed by atoms with E-state index in [4.69, 9.17) is 0 Å². The number of halogens is 1. The van der Waals surface area contributed by atoms with Crippen LogP contribution in [0.5, 0.6) is 0 Å². The third-order valence-electron chi connectivity index (χ3n) is 6.01. The van der Waals surface area contributed by atoms with Gasteiger partial charge in [-0.15, -0.1) is 11.3 Å². The molecule has 3 nitrogen and oxygen atoms in total. The Hall–Kier alpha value is -0.420. The van der Waals surface area contributed by atoms with Gasteiger partial charge in [-0.05, 0) is 53.4 Å². The molecule has 0 atom stereocenters. The minimum absolute atomic E-state index is 0.182.